The zero-order valence-electron chi connectivity index (χ0n) is 16.0. The van der Waals surface area contributed by atoms with Gasteiger partial charge in [0.05, 0.1) is 11.4 Å². The van der Waals surface area contributed by atoms with E-state index in [1.807, 2.05) is 42.5 Å². The van der Waals surface area contributed by atoms with Crippen LogP contribution in [0.4, 0.5) is 32.2 Å². The summed E-state index contributed by atoms with van der Waals surface area (Å²) in [4.78, 5) is 16.7. The molecule has 0 unspecified atom stereocenters. The van der Waals surface area contributed by atoms with Crippen LogP contribution in [0.25, 0.3) is 10.8 Å². The third kappa shape index (κ3) is 4.47. The number of benzene rings is 3. The van der Waals surface area contributed by atoms with Gasteiger partial charge in [-0.05, 0) is 41.3 Å². The number of nitrogen functional groups attached to an aromatic ring is 1. The SMILES string of the molecule is Nc1nc(NCc2ccc(F)cc2)ccc1NC(=O)Nc1cccc2ccccc12. The van der Waals surface area contributed by atoms with Crippen LogP contribution in [-0.4, -0.2) is 11.0 Å². The molecular weight excluding hydrogens is 381 g/mol. The highest BCUT2D eigenvalue weighted by atomic mass is 19.1. The van der Waals surface area contributed by atoms with Crippen LogP contribution in [0.3, 0.4) is 0 Å². The second kappa shape index (κ2) is 8.48. The number of amides is 2. The zero-order valence-corrected chi connectivity index (χ0v) is 16.0. The number of aromatic nitrogens is 1. The van der Waals surface area contributed by atoms with Crippen molar-refractivity contribution in [1.82, 2.24) is 4.98 Å². The molecule has 6 nitrogen and oxygen atoms in total. The molecular formula is C23H20FN5O. The smallest absolute Gasteiger partial charge is 0.323 e. The maximum Gasteiger partial charge on any atom is 0.323 e. The Balaban J connectivity index is 1.40. The molecule has 0 aliphatic carbocycles. The monoisotopic (exact) mass is 401 g/mol. The lowest BCUT2D eigenvalue weighted by atomic mass is 10.1. The average molecular weight is 401 g/mol. The number of rotatable bonds is 5. The molecule has 0 fully saturated rings. The highest BCUT2D eigenvalue weighted by molar-refractivity contribution is 6.06. The van der Waals surface area contributed by atoms with Gasteiger partial charge < -0.3 is 21.7 Å². The van der Waals surface area contributed by atoms with E-state index in [9.17, 15) is 9.18 Å². The van der Waals surface area contributed by atoms with E-state index in [1.165, 1.54) is 12.1 Å². The lowest BCUT2D eigenvalue weighted by Crippen LogP contribution is -2.20. The Hall–Kier alpha value is -4.13. The van der Waals surface area contributed by atoms with Crippen LogP contribution < -0.4 is 21.7 Å². The first-order valence-electron chi connectivity index (χ1n) is 9.39. The number of pyridine rings is 1. The van der Waals surface area contributed by atoms with Gasteiger partial charge in [0.15, 0.2) is 0 Å². The molecule has 0 bridgehead atoms. The number of hydrogen-bond acceptors (Lipinski definition) is 4. The van der Waals surface area contributed by atoms with Crippen LogP contribution in [0.15, 0.2) is 78.9 Å². The van der Waals surface area contributed by atoms with Gasteiger partial charge in [0, 0.05) is 11.9 Å². The van der Waals surface area contributed by atoms with Gasteiger partial charge in [-0.25, -0.2) is 14.2 Å². The van der Waals surface area contributed by atoms with Crippen LogP contribution in [0.1, 0.15) is 5.56 Å². The molecule has 4 rings (SSSR count). The van der Waals surface area contributed by atoms with E-state index in [0.717, 1.165) is 16.3 Å². The van der Waals surface area contributed by atoms with E-state index in [2.05, 4.69) is 20.9 Å². The Morgan fingerprint density at radius 1 is 0.867 bits per heavy atom. The molecule has 7 heteroatoms. The van der Waals surface area contributed by atoms with Gasteiger partial charge in [0.1, 0.15) is 17.5 Å². The Bertz CT molecular complexity index is 1190. The fourth-order valence-electron chi connectivity index (χ4n) is 3.08. The molecule has 0 radical (unpaired) electrons. The summed E-state index contributed by atoms with van der Waals surface area (Å²) in [7, 11) is 0. The van der Waals surface area contributed by atoms with Crippen molar-refractivity contribution in [2.45, 2.75) is 6.54 Å². The summed E-state index contributed by atoms with van der Waals surface area (Å²) in [5.74, 6) is 0.460. The number of carbonyl (C=O) groups is 1. The summed E-state index contributed by atoms with van der Waals surface area (Å²) in [6.07, 6.45) is 0. The third-order valence-corrected chi connectivity index (χ3v) is 4.60. The van der Waals surface area contributed by atoms with E-state index in [-0.39, 0.29) is 11.6 Å². The molecule has 0 spiro atoms. The molecule has 1 aromatic heterocycles. The number of nitrogens with zero attached hydrogens (tertiary/aromatic N) is 1. The highest BCUT2D eigenvalue weighted by Gasteiger charge is 2.09. The molecule has 150 valence electrons. The van der Waals surface area contributed by atoms with Crippen LogP contribution in [-0.2, 0) is 6.54 Å². The van der Waals surface area contributed by atoms with Crippen LogP contribution in [0, 0.1) is 5.82 Å². The summed E-state index contributed by atoms with van der Waals surface area (Å²) in [6, 6.07) is 22.7. The number of nitrogens with two attached hydrogens (primary N) is 1. The minimum absolute atomic E-state index is 0.187. The maximum atomic E-state index is 13.0. The topological polar surface area (TPSA) is 92.1 Å². The first-order chi connectivity index (χ1) is 14.6. The number of urea groups is 1. The van der Waals surface area contributed by atoms with Gasteiger partial charge in [0.2, 0.25) is 0 Å². The zero-order chi connectivity index (χ0) is 20.9. The van der Waals surface area contributed by atoms with Gasteiger partial charge in [-0.2, -0.15) is 0 Å². The molecule has 0 aliphatic rings. The second-order valence-corrected chi connectivity index (χ2v) is 6.72. The van der Waals surface area contributed by atoms with Crippen LogP contribution >= 0.6 is 0 Å². The van der Waals surface area contributed by atoms with Crippen LogP contribution in [0.2, 0.25) is 0 Å². The number of nitrogens with one attached hydrogen (secondary N) is 3. The lowest BCUT2D eigenvalue weighted by Gasteiger charge is -2.12. The van der Waals surface area contributed by atoms with E-state index in [0.29, 0.717) is 23.7 Å². The van der Waals surface area contributed by atoms with Crippen molar-refractivity contribution in [3.8, 4) is 0 Å². The Labute approximate surface area is 172 Å². The Kier molecular flexibility index (Phi) is 5.43. The molecule has 2 amide bonds. The summed E-state index contributed by atoms with van der Waals surface area (Å²) in [5.41, 5.74) is 8.02. The molecule has 1 heterocycles. The number of carbonyl (C=O) groups excluding carboxylic acids is 1. The molecule has 3 aromatic carbocycles. The fraction of sp³-hybridized carbons (Fsp3) is 0.0435. The minimum Gasteiger partial charge on any atom is -0.382 e. The molecule has 0 saturated carbocycles. The molecule has 0 aliphatic heterocycles. The average Bonchev–Trinajstić information content (AvgIpc) is 2.75. The van der Waals surface area contributed by atoms with Crippen molar-refractivity contribution in [2.24, 2.45) is 0 Å². The number of halogens is 1. The maximum absolute atomic E-state index is 13.0. The van der Waals surface area contributed by atoms with E-state index in [1.54, 1.807) is 24.3 Å². The molecule has 30 heavy (non-hydrogen) atoms. The third-order valence-electron chi connectivity index (χ3n) is 4.60. The predicted molar refractivity (Wildman–Crippen MR) is 119 cm³/mol. The quantitative estimate of drug-likeness (QED) is 0.369. The first kappa shape index (κ1) is 19.2. The fourth-order valence-corrected chi connectivity index (χ4v) is 3.08. The van der Waals surface area contributed by atoms with Crippen molar-refractivity contribution in [3.63, 3.8) is 0 Å². The van der Waals surface area contributed by atoms with Crippen molar-refractivity contribution in [3.05, 3.63) is 90.2 Å². The molecule has 5 N–H and O–H groups in total. The highest BCUT2D eigenvalue weighted by Crippen LogP contribution is 2.24. The summed E-state index contributed by atoms with van der Waals surface area (Å²) in [5, 5.41) is 10.7. The molecule has 0 saturated heterocycles. The normalized spacial score (nSPS) is 10.6. The standard InChI is InChI=1S/C23H20FN5O/c24-17-10-8-15(9-11-17)14-26-21-13-12-20(22(25)29-21)28-23(30)27-19-7-3-5-16-4-1-2-6-18(16)19/h1-13H,14H2,(H3,25,26,29)(H2,27,28,30). The summed E-state index contributed by atoms with van der Waals surface area (Å²) < 4.78 is 13.0. The second-order valence-electron chi connectivity index (χ2n) is 6.72. The predicted octanol–water partition coefficient (Wildman–Crippen LogP) is 5.21. The van der Waals surface area contributed by atoms with Gasteiger partial charge in [-0.15, -0.1) is 0 Å². The summed E-state index contributed by atoms with van der Waals surface area (Å²) in [6.45, 7) is 0.473. The van der Waals surface area contributed by atoms with E-state index in [4.69, 9.17) is 5.73 Å². The molecule has 4 aromatic rings. The van der Waals surface area contributed by atoms with Crippen molar-refractivity contribution in [2.75, 3.05) is 21.7 Å². The van der Waals surface area contributed by atoms with E-state index >= 15 is 0 Å². The van der Waals surface area contributed by atoms with Crippen molar-refractivity contribution < 1.29 is 9.18 Å². The minimum atomic E-state index is -0.410. The first-order valence-corrected chi connectivity index (χ1v) is 9.39. The number of fused-ring (bicyclic) bond motifs is 1. The summed E-state index contributed by atoms with van der Waals surface area (Å²) >= 11 is 0. The van der Waals surface area contributed by atoms with Crippen molar-refractivity contribution in [1.29, 1.82) is 0 Å². The van der Waals surface area contributed by atoms with Gasteiger partial charge >= 0.3 is 6.03 Å². The van der Waals surface area contributed by atoms with Gasteiger partial charge in [-0.1, -0.05) is 48.5 Å². The largest absolute Gasteiger partial charge is 0.382 e. The van der Waals surface area contributed by atoms with Gasteiger partial charge in [-0.3, -0.25) is 0 Å². The van der Waals surface area contributed by atoms with Crippen LogP contribution in [0.5, 0.6) is 0 Å². The number of anilines is 4. The number of hydrogen-bond donors (Lipinski definition) is 4. The molecule has 0 atom stereocenters. The lowest BCUT2D eigenvalue weighted by molar-refractivity contribution is 0.262. The van der Waals surface area contributed by atoms with E-state index < -0.39 is 6.03 Å². The van der Waals surface area contributed by atoms with Gasteiger partial charge in [0.25, 0.3) is 0 Å². The Morgan fingerprint density at radius 2 is 1.60 bits per heavy atom. The Morgan fingerprint density at radius 3 is 2.40 bits per heavy atom. The van der Waals surface area contributed by atoms with Crippen molar-refractivity contribution >= 4 is 39.8 Å².